The van der Waals surface area contributed by atoms with Crippen molar-refractivity contribution in [2.45, 2.75) is 12.2 Å². The molecule has 0 aliphatic carbocycles. The van der Waals surface area contributed by atoms with Crippen molar-refractivity contribution < 1.29 is 14.6 Å². The molecule has 0 bridgehead atoms. The maximum atomic E-state index is 12.2. The predicted molar refractivity (Wildman–Crippen MR) is 66.6 cm³/mol. The van der Waals surface area contributed by atoms with Crippen LogP contribution >= 0.6 is 0 Å². The summed E-state index contributed by atoms with van der Waals surface area (Å²) in [5.74, 6) is 0.388. The topological polar surface area (TPSA) is 46.5 Å². The average Bonchev–Trinajstić information content (AvgIpc) is 2.77. The molecule has 0 saturated carbocycles. The van der Waals surface area contributed by atoms with Gasteiger partial charge in [-0.05, 0) is 6.07 Å². The zero-order valence-corrected chi connectivity index (χ0v) is 9.61. The molecule has 3 nitrogen and oxygen atoms in total. The number of fused-ring (bicyclic) bond motifs is 1. The van der Waals surface area contributed by atoms with Crippen molar-refractivity contribution >= 4 is 5.78 Å². The molecule has 3 heteroatoms. The summed E-state index contributed by atoms with van der Waals surface area (Å²) in [5, 5.41) is 10.1. The fourth-order valence-electron chi connectivity index (χ4n) is 2.16. The van der Waals surface area contributed by atoms with Gasteiger partial charge in [0.05, 0.1) is 0 Å². The minimum Gasteiger partial charge on any atom is -0.479 e. The number of carbonyl (C=O) groups is 1. The zero-order chi connectivity index (χ0) is 12.5. The highest BCUT2D eigenvalue weighted by Crippen LogP contribution is 2.37. The lowest BCUT2D eigenvalue weighted by Gasteiger charge is -2.13. The SMILES string of the molecule is O=C(c1ccccc1)[C@H]1Oc2ccccc2[C@H]1O. The predicted octanol–water partition coefficient (Wildman–Crippen LogP) is 2.36. The number of para-hydroxylation sites is 1. The first-order valence-corrected chi connectivity index (χ1v) is 5.80. The van der Waals surface area contributed by atoms with E-state index in [0.29, 0.717) is 16.9 Å². The van der Waals surface area contributed by atoms with Crippen molar-refractivity contribution in [2.24, 2.45) is 0 Å². The summed E-state index contributed by atoms with van der Waals surface area (Å²) in [6.45, 7) is 0. The first kappa shape index (κ1) is 11.0. The number of hydrogen-bond acceptors (Lipinski definition) is 3. The number of aliphatic hydroxyl groups is 1. The Bertz CT molecular complexity index is 577. The molecule has 1 aliphatic heterocycles. The minimum absolute atomic E-state index is 0.195. The van der Waals surface area contributed by atoms with Crippen LogP contribution in [0.3, 0.4) is 0 Å². The number of ether oxygens (including phenoxy) is 1. The highest BCUT2D eigenvalue weighted by atomic mass is 16.5. The van der Waals surface area contributed by atoms with E-state index in [1.54, 1.807) is 36.4 Å². The molecular formula is C15H12O3. The lowest BCUT2D eigenvalue weighted by atomic mass is 9.99. The zero-order valence-electron chi connectivity index (χ0n) is 9.61. The number of rotatable bonds is 2. The van der Waals surface area contributed by atoms with Gasteiger partial charge in [-0.15, -0.1) is 0 Å². The number of aliphatic hydroxyl groups excluding tert-OH is 1. The van der Waals surface area contributed by atoms with Gasteiger partial charge in [0.1, 0.15) is 11.9 Å². The van der Waals surface area contributed by atoms with E-state index >= 15 is 0 Å². The van der Waals surface area contributed by atoms with Gasteiger partial charge in [-0.2, -0.15) is 0 Å². The Morgan fingerprint density at radius 1 is 1.00 bits per heavy atom. The molecule has 3 rings (SSSR count). The summed E-state index contributed by atoms with van der Waals surface area (Å²) in [6, 6.07) is 16.1. The van der Waals surface area contributed by atoms with Gasteiger partial charge >= 0.3 is 0 Å². The van der Waals surface area contributed by atoms with Crippen LogP contribution in [0.25, 0.3) is 0 Å². The van der Waals surface area contributed by atoms with E-state index in [-0.39, 0.29) is 5.78 Å². The molecule has 0 amide bonds. The molecule has 0 aromatic heterocycles. The fourth-order valence-corrected chi connectivity index (χ4v) is 2.16. The van der Waals surface area contributed by atoms with E-state index in [9.17, 15) is 9.90 Å². The Morgan fingerprint density at radius 3 is 2.39 bits per heavy atom. The molecule has 1 aliphatic rings. The van der Waals surface area contributed by atoms with E-state index in [1.165, 1.54) is 0 Å². The Hall–Kier alpha value is -2.13. The van der Waals surface area contributed by atoms with Crippen molar-refractivity contribution in [3.8, 4) is 5.75 Å². The summed E-state index contributed by atoms with van der Waals surface area (Å²) in [5.41, 5.74) is 1.22. The highest BCUT2D eigenvalue weighted by Gasteiger charge is 2.38. The third-order valence-electron chi connectivity index (χ3n) is 3.10. The molecule has 0 saturated heterocycles. The average molecular weight is 240 g/mol. The quantitative estimate of drug-likeness (QED) is 0.820. The number of Topliss-reactive ketones (excluding diaryl/α,β-unsaturated/α-hetero) is 1. The molecule has 2 aromatic rings. The maximum absolute atomic E-state index is 12.2. The first-order chi connectivity index (χ1) is 8.77. The van der Waals surface area contributed by atoms with Crippen LogP contribution in [0.15, 0.2) is 54.6 Å². The third kappa shape index (κ3) is 1.69. The van der Waals surface area contributed by atoms with Crippen LogP contribution in [0.1, 0.15) is 22.0 Å². The van der Waals surface area contributed by atoms with Gasteiger partial charge in [0.2, 0.25) is 5.78 Å². The number of ketones is 1. The van der Waals surface area contributed by atoms with Crippen LogP contribution in [0.2, 0.25) is 0 Å². The number of carbonyl (C=O) groups excluding carboxylic acids is 1. The minimum atomic E-state index is -0.895. The lowest BCUT2D eigenvalue weighted by molar-refractivity contribution is 0.0493. The monoisotopic (exact) mass is 240 g/mol. The third-order valence-corrected chi connectivity index (χ3v) is 3.10. The summed E-state index contributed by atoms with van der Waals surface area (Å²) >= 11 is 0. The van der Waals surface area contributed by atoms with Gasteiger partial charge in [-0.25, -0.2) is 0 Å². The van der Waals surface area contributed by atoms with Crippen molar-refractivity contribution in [3.05, 3.63) is 65.7 Å². The van der Waals surface area contributed by atoms with E-state index in [0.717, 1.165) is 0 Å². The molecule has 1 heterocycles. The summed E-state index contributed by atoms with van der Waals surface area (Å²) in [6.07, 6.45) is -1.74. The van der Waals surface area contributed by atoms with Gasteiger partial charge in [0.15, 0.2) is 6.10 Å². The van der Waals surface area contributed by atoms with E-state index in [2.05, 4.69) is 0 Å². The molecule has 1 N–H and O–H groups in total. The maximum Gasteiger partial charge on any atom is 0.206 e. The summed E-state index contributed by atoms with van der Waals surface area (Å²) < 4.78 is 5.54. The van der Waals surface area contributed by atoms with E-state index in [1.807, 2.05) is 18.2 Å². The van der Waals surface area contributed by atoms with Crippen LogP contribution in [0, 0.1) is 0 Å². The van der Waals surface area contributed by atoms with Crippen LogP contribution in [-0.2, 0) is 0 Å². The van der Waals surface area contributed by atoms with Crippen LogP contribution in [0.4, 0.5) is 0 Å². The van der Waals surface area contributed by atoms with Gasteiger partial charge in [-0.3, -0.25) is 4.79 Å². The van der Waals surface area contributed by atoms with Crippen LogP contribution in [0.5, 0.6) is 5.75 Å². The van der Waals surface area contributed by atoms with Gasteiger partial charge in [0.25, 0.3) is 0 Å². The van der Waals surface area contributed by atoms with E-state index in [4.69, 9.17) is 4.74 Å². The Kier molecular flexibility index (Phi) is 2.61. The van der Waals surface area contributed by atoms with Crippen molar-refractivity contribution in [2.75, 3.05) is 0 Å². The molecule has 0 unspecified atom stereocenters. The Balaban J connectivity index is 1.91. The molecule has 18 heavy (non-hydrogen) atoms. The smallest absolute Gasteiger partial charge is 0.206 e. The molecule has 2 aromatic carbocycles. The summed E-state index contributed by atoms with van der Waals surface area (Å²) in [7, 11) is 0. The summed E-state index contributed by atoms with van der Waals surface area (Å²) in [4.78, 5) is 12.2. The van der Waals surface area contributed by atoms with Gasteiger partial charge < -0.3 is 9.84 Å². The highest BCUT2D eigenvalue weighted by molar-refractivity contribution is 6.00. The molecule has 90 valence electrons. The molecule has 0 radical (unpaired) electrons. The molecule has 0 spiro atoms. The fraction of sp³-hybridized carbons (Fsp3) is 0.133. The van der Waals surface area contributed by atoms with Gasteiger partial charge in [-0.1, -0.05) is 48.5 Å². The molecule has 0 fully saturated rings. The van der Waals surface area contributed by atoms with Crippen LogP contribution < -0.4 is 4.74 Å². The van der Waals surface area contributed by atoms with Crippen molar-refractivity contribution in [1.82, 2.24) is 0 Å². The van der Waals surface area contributed by atoms with Crippen molar-refractivity contribution in [1.29, 1.82) is 0 Å². The van der Waals surface area contributed by atoms with Crippen molar-refractivity contribution in [3.63, 3.8) is 0 Å². The number of benzene rings is 2. The second-order valence-electron chi connectivity index (χ2n) is 4.25. The number of hydrogen-bond donors (Lipinski definition) is 1. The normalized spacial score (nSPS) is 21.2. The standard InChI is InChI=1S/C15H12O3/c16-13(10-6-2-1-3-7-10)15-14(17)11-8-4-5-9-12(11)18-15/h1-9,14-15,17H/t14-,15-/m1/s1. The first-order valence-electron chi connectivity index (χ1n) is 5.80. The second kappa shape index (κ2) is 4.27. The lowest BCUT2D eigenvalue weighted by Crippen LogP contribution is -2.29. The second-order valence-corrected chi connectivity index (χ2v) is 4.25. The van der Waals surface area contributed by atoms with Crippen LogP contribution in [-0.4, -0.2) is 17.0 Å². The largest absolute Gasteiger partial charge is 0.479 e. The Morgan fingerprint density at radius 2 is 1.67 bits per heavy atom. The Labute approximate surface area is 105 Å². The van der Waals surface area contributed by atoms with Gasteiger partial charge in [0, 0.05) is 11.1 Å². The molecular weight excluding hydrogens is 228 g/mol. The van der Waals surface area contributed by atoms with E-state index < -0.39 is 12.2 Å². The molecule has 2 atom stereocenters.